The fourth-order valence-corrected chi connectivity index (χ4v) is 1.54. The molecule has 0 heterocycles. The maximum Gasteiger partial charge on any atom is -0.000682 e. The average Bonchev–Trinajstić information content (AvgIpc) is 2.12. The minimum absolute atomic E-state index is 0.486. The first-order valence-corrected chi connectivity index (χ1v) is 4.25. The number of benzene rings is 1. The molecule has 0 fully saturated rings. The van der Waals surface area contributed by atoms with Gasteiger partial charge < -0.3 is 0 Å². The molecule has 0 amide bonds. The number of rotatable bonds is 0. The second-order valence-electron chi connectivity index (χ2n) is 3.26. The van der Waals surface area contributed by atoms with Gasteiger partial charge in [-0.25, -0.2) is 0 Å². The van der Waals surface area contributed by atoms with Gasteiger partial charge in [-0.1, -0.05) is 49.9 Å². The molecule has 0 heteroatoms. The highest BCUT2D eigenvalue weighted by molar-refractivity contribution is 5.79. The molecule has 1 aromatic carbocycles. The highest BCUT2D eigenvalue weighted by Gasteiger charge is 2.12. The van der Waals surface area contributed by atoms with Gasteiger partial charge in [0.05, 0.1) is 0 Å². The van der Waals surface area contributed by atoms with Gasteiger partial charge in [0.1, 0.15) is 0 Å². The van der Waals surface area contributed by atoms with E-state index >= 15 is 0 Å². The molecule has 0 spiro atoms. The molecular formula is C12H12. The van der Waals surface area contributed by atoms with Crippen LogP contribution in [0.1, 0.15) is 18.1 Å². The topological polar surface area (TPSA) is 0 Å². The summed E-state index contributed by atoms with van der Waals surface area (Å²) in [5.74, 6) is 0.486. The van der Waals surface area contributed by atoms with Crippen LogP contribution in [0.5, 0.6) is 0 Å². The van der Waals surface area contributed by atoms with Gasteiger partial charge in [0.2, 0.25) is 0 Å². The summed E-state index contributed by atoms with van der Waals surface area (Å²) in [6.45, 7) is 6.26. The zero-order chi connectivity index (χ0) is 8.55. The summed E-state index contributed by atoms with van der Waals surface area (Å²) in [5.41, 5.74) is 3.82. The summed E-state index contributed by atoms with van der Waals surface area (Å²) in [6, 6.07) is 8.39. The van der Waals surface area contributed by atoms with E-state index in [0.717, 1.165) is 0 Å². The van der Waals surface area contributed by atoms with Crippen LogP contribution < -0.4 is 0 Å². The molecule has 60 valence electrons. The van der Waals surface area contributed by atoms with E-state index in [4.69, 9.17) is 0 Å². The zero-order valence-electron chi connectivity index (χ0n) is 7.25. The monoisotopic (exact) mass is 156 g/mol. The lowest BCUT2D eigenvalue weighted by Gasteiger charge is -2.18. The van der Waals surface area contributed by atoms with Crippen molar-refractivity contribution in [2.24, 2.45) is 5.92 Å². The Morgan fingerprint density at radius 1 is 1.25 bits per heavy atom. The molecule has 2 rings (SSSR count). The normalized spacial score (nSPS) is 20.8. The fourth-order valence-electron chi connectivity index (χ4n) is 1.54. The quantitative estimate of drug-likeness (QED) is 0.540. The maximum atomic E-state index is 4.09. The summed E-state index contributed by atoms with van der Waals surface area (Å²) in [7, 11) is 0. The third kappa shape index (κ3) is 1.00. The molecule has 0 aliphatic heterocycles. The molecule has 0 N–H and O–H groups in total. The Hall–Kier alpha value is -1.30. The molecule has 1 atom stereocenters. The van der Waals surface area contributed by atoms with Crippen LogP contribution in [0, 0.1) is 5.92 Å². The Morgan fingerprint density at radius 3 is 2.83 bits per heavy atom. The van der Waals surface area contributed by atoms with Crippen molar-refractivity contribution in [3.8, 4) is 0 Å². The number of allylic oxidation sites excluding steroid dienone is 2. The Balaban J connectivity index is 2.59. The van der Waals surface area contributed by atoms with E-state index in [1.54, 1.807) is 0 Å². The van der Waals surface area contributed by atoms with Gasteiger partial charge in [-0.15, -0.1) is 0 Å². The van der Waals surface area contributed by atoms with Crippen LogP contribution in [0.4, 0.5) is 0 Å². The number of hydrogen-bond acceptors (Lipinski definition) is 0. The van der Waals surface area contributed by atoms with E-state index in [1.165, 1.54) is 16.7 Å². The molecule has 0 bridgehead atoms. The molecule has 1 unspecified atom stereocenters. The van der Waals surface area contributed by atoms with E-state index in [-0.39, 0.29) is 0 Å². The maximum absolute atomic E-state index is 4.09. The Kier molecular flexibility index (Phi) is 1.61. The molecule has 0 saturated heterocycles. The van der Waals surface area contributed by atoms with E-state index in [0.29, 0.717) is 5.92 Å². The minimum atomic E-state index is 0.486. The van der Waals surface area contributed by atoms with Crippen molar-refractivity contribution in [1.29, 1.82) is 0 Å². The van der Waals surface area contributed by atoms with Gasteiger partial charge in [-0.3, -0.25) is 0 Å². The van der Waals surface area contributed by atoms with Gasteiger partial charge in [0.25, 0.3) is 0 Å². The van der Waals surface area contributed by atoms with Crippen molar-refractivity contribution < 1.29 is 0 Å². The summed E-state index contributed by atoms with van der Waals surface area (Å²) >= 11 is 0. The first-order chi connectivity index (χ1) is 5.79. The van der Waals surface area contributed by atoms with Crippen LogP contribution in [0.3, 0.4) is 0 Å². The Morgan fingerprint density at radius 2 is 2.00 bits per heavy atom. The van der Waals surface area contributed by atoms with Gasteiger partial charge in [-0.05, 0) is 22.6 Å². The standard InChI is InChI=1S/C12H12/c1-9-7-8-11-5-3-4-6-12(11)10(9)2/h3-9H,2H2,1H3. The molecular weight excluding hydrogens is 144 g/mol. The fraction of sp³-hybridized carbons (Fsp3) is 0.167. The minimum Gasteiger partial charge on any atom is -0.0946 e. The van der Waals surface area contributed by atoms with Crippen molar-refractivity contribution >= 4 is 11.6 Å². The predicted molar refractivity (Wildman–Crippen MR) is 53.7 cm³/mol. The lowest BCUT2D eigenvalue weighted by Crippen LogP contribution is -2.00. The zero-order valence-corrected chi connectivity index (χ0v) is 7.25. The average molecular weight is 156 g/mol. The smallest absolute Gasteiger partial charge is 0.000682 e. The van der Waals surface area contributed by atoms with Crippen LogP contribution in [0.2, 0.25) is 0 Å². The van der Waals surface area contributed by atoms with Crippen LogP contribution in [-0.4, -0.2) is 0 Å². The van der Waals surface area contributed by atoms with Crippen LogP contribution in [-0.2, 0) is 0 Å². The van der Waals surface area contributed by atoms with E-state index in [2.05, 4.69) is 49.9 Å². The Labute approximate surface area is 73.2 Å². The molecule has 12 heavy (non-hydrogen) atoms. The van der Waals surface area contributed by atoms with E-state index < -0.39 is 0 Å². The molecule has 0 radical (unpaired) electrons. The van der Waals surface area contributed by atoms with Crippen molar-refractivity contribution in [3.05, 3.63) is 48.0 Å². The van der Waals surface area contributed by atoms with E-state index in [1.807, 2.05) is 0 Å². The van der Waals surface area contributed by atoms with Crippen molar-refractivity contribution in [1.82, 2.24) is 0 Å². The summed E-state index contributed by atoms with van der Waals surface area (Å²) in [5, 5.41) is 0. The molecule has 0 nitrogen and oxygen atoms in total. The summed E-state index contributed by atoms with van der Waals surface area (Å²) < 4.78 is 0. The second-order valence-corrected chi connectivity index (χ2v) is 3.26. The first-order valence-electron chi connectivity index (χ1n) is 4.25. The SMILES string of the molecule is C=C1c2ccccc2C=CC1C. The summed E-state index contributed by atoms with van der Waals surface area (Å²) in [4.78, 5) is 0. The number of fused-ring (bicyclic) bond motifs is 1. The molecule has 1 aliphatic carbocycles. The Bertz CT molecular complexity index is 345. The van der Waals surface area contributed by atoms with Crippen LogP contribution >= 0.6 is 0 Å². The molecule has 1 aromatic rings. The third-order valence-corrected chi connectivity index (χ3v) is 2.42. The lowest BCUT2D eigenvalue weighted by atomic mass is 9.87. The first kappa shape index (κ1) is 7.35. The number of hydrogen-bond donors (Lipinski definition) is 0. The highest BCUT2D eigenvalue weighted by Crippen LogP contribution is 2.30. The third-order valence-electron chi connectivity index (χ3n) is 2.42. The molecule has 1 aliphatic rings. The summed E-state index contributed by atoms with van der Waals surface area (Å²) in [6.07, 6.45) is 4.37. The van der Waals surface area contributed by atoms with Crippen molar-refractivity contribution in [2.75, 3.05) is 0 Å². The highest BCUT2D eigenvalue weighted by atomic mass is 14.2. The van der Waals surface area contributed by atoms with Gasteiger partial charge in [0, 0.05) is 0 Å². The van der Waals surface area contributed by atoms with Gasteiger partial charge in [-0.2, -0.15) is 0 Å². The predicted octanol–water partition coefficient (Wildman–Crippen LogP) is 3.36. The van der Waals surface area contributed by atoms with Crippen molar-refractivity contribution in [3.63, 3.8) is 0 Å². The largest absolute Gasteiger partial charge is 0.0946 e. The molecule has 0 saturated carbocycles. The van der Waals surface area contributed by atoms with Gasteiger partial charge in [0.15, 0.2) is 0 Å². The van der Waals surface area contributed by atoms with Crippen LogP contribution in [0.25, 0.3) is 11.6 Å². The lowest BCUT2D eigenvalue weighted by molar-refractivity contribution is 0.964. The van der Waals surface area contributed by atoms with Gasteiger partial charge >= 0.3 is 0 Å². The van der Waals surface area contributed by atoms with Crippen LogP contribution in [0.15, 0.2) is 36.9 Å². The molecule has 0 aromatic heterocycles. The van der Waals surface area contributed by atoms with E-state index in [9.17, 15) is 0 Å². The second kappa shape index (κ2) is 2.63. The van der Waals surface area contributed by atoms with Crippen molar-refractivity contribution in [2.45, 2.75) is 6.92 Å².